The van der Waals surface area contributed by atoms with Crippen LogP contribution in [-0.2, 0) is 16.1 Å². The Hall–Kier alpha value is -1.50. The number of piperidine rings is 1. The van der Waals surface area contributed by atoms with Gasteiger partial charge in [-0.25, -0.2) is 0 Å². The Morgan fingerprint density at radius 2 is 2.12 bits per heavy atom. The minimum absolute atomic E-state index is 0.0443. The maximum atomic E-state index is 11.7. The lowest BCUT2D eigenvalue weighted by Crippen LogP contribution is -2.32. The quantitative estimate of drug-likeness (QED) is 0.755. The Balaban J connectivity index is 1.80. The minimum Gasteiger partial charge on any atom is -0.377 e. The SMILES string of the molecule is CNc1snnc1CN1C(=O)C2CC2C1=O. The van der Waals surface area contributed by atoms with Gasteiger partial charge in [-0.15, -0.1) is 5.10 Å². The summed E-state index contributed by atoms with van der Waals surface area (Å²) in [7, 11) is 1.77. The van der Waals surface area contributed by atoms with Crippen LogP contribution in [0.5, 0.6) is 0 Å². The molecule has 0 radical (unpaired) electrons. The van der Waals surface area contributed by atoms with Crippen LogP contribution in [0.1, 0.15) is 12.1 Å². The lowest BCUT2D eigenvalue weighted by molar-refractivity contribution is -0.142. The number of nitrogens with zero attached hydrogens (tertiary/aromatic N) is 3. The molecule has 1 aromatic rings. The van der Waals surface area contributed by atoms with E-state index in [1.165, 1.54) is 16.4 Å². The molecule has 2 unspecified atom stereocenters. The Morgan fingerprint density at radius 1 is 1.44 bits per heavy atom. The van der Waals surface area contributed by atoms with E-state index in [1.807, 2.05) is 0 Å². The zero-order valence-corrected chi connectivity index (χ0v) is 9.45. The molecule has 1 N–H and O–H groups in total. The fourth-order valence-corrected chi connectivity index (χ4v) is 2.58. The van der Waals surface area contributed by atoms with E-state index < -0.39 is 0 Å². The van der Waals surface area contributed by atoms with E-state index in [4.69, 9.17) is 0 Å². The Labute approximate surface area is 95.8 Å². The van der Waals surface area contributed by atoms with Crippen LogP contribution in [0, 0.1) is 11.8 Å². The van der Waals surface area contributed by atoms with Crippen LogP contribution in [0.15, 0.2) is 0 Å². The molecule has 2 atom stereocenters. The molecular weight excluding hydrogens is 228 g/mol. The number of amides is 2. The molecule has 2 amide bonds. The average molecular weight is 238 g/mol. The van der Waals surface area contributed by atoms with Crippen LogP contribution in [0.4, 0.5) is 5.00 Å². The summed E-state index contributed by atoms with van der Waals surface area (Å²) >= 11 is 1.23. The molecule has 7 heteroatoms. The lowest BCUT2D eigenvalue weighted by atomic mass is 10.3. The summed E-state index contributed by atoms with van der Waals surface area (Å²) in [5, 5.41) is 7.67. The summed E-state index contributed by atoms with van der Waals surface area (Å²) < 4.78 is 3.80. The van der Waals surface area contributed by atoms with Crippen molar-refractivity contribution in [1.82, 2.24) is 14.5 Å². The maximum Gasteiger partial charge on any atom is 0.233 e. The second kappa shape index (κ2) is 3.24. The summed E-state index contributed by atoms with van der Waals surface area (Å²) in [6.45, 7) is 0.247. The van der Waals surface area contributed by atoms with Gasteiger partial charge < -0.3 is 5.32 Å². The van der Waals surface area contributed by atoms with E-state index in [0.717, 1.165) is 11.4 Å². The molecule has 1 saturated carbocycles. The predicted molar refractivity (Wildman–Crippen MR) is 56.6 cm³/mol. The van der Waals surface area contributed by atoms with Gasteiger partial charge in [0.1, 0.15) is 10.7 Å². The monoisotopic (exact) mass is 238 g/mol. The Morgan fingerprint density at radius 3 is 2.75 bits per heavy atom. The van der Waals surface area contributed by atoms with Crippen molar-refractivity contribution in [2.75, 3.05) is 12.4 Å². The highest BCUT2D eigenvalue weighted by Crippen LogP contribution is 2.47. The van der Waals surface area contributed by atoms with Crippen molar-refractivity contribution < 1.29 is 9.59 Å². The van der Waals surface area contributed by atoms with E-state index in [-0.39, 0.29) is 30.2 Å². The Bertz CT molecular complexity index is 452. The third-order valence-electron chi connectivity index (χ3n) is 3.05. The standard InChI is InChI=1S/C9H10N4O2S/c1-10-7-6(11-12-16-7)3-13-8(14)4-2-5(4)9(13)15/h4-5,10H,2-3H2,1H3. The first-order valence-corrected chi connectivity index (χ1v) is 5.84. The van der Waals surface area contributed by atoms with Gasteiger partial charge in [0.25, 0.3) is 0 Å². The summed E-state index contributed by atoms with van der Waals surface area (Å²) in [6, 6.07) is 0. The topological polar surface area (TPSA) is 75.2 Å². The number of nitrogens with one attached hydrogen (secondary N) is 1. The van der Waals surface area contributed by atoms with E-state index in [1.54, 1.807) is 7.05 Å². The van der Waals surface area contributed by atoms with Gasteiger partial charge in [0.2, 0.25) is 11.8 Å². The first-order valence-electron chi connectivity index (χ1n) is 5.06. The zero-order valence-electron chi connectivity index (χ0n) is 8.64. The number of imide groups is 1. The maximum absolute atomic E-state index is 11.7. The largest absolute Gasteiger partial charge is 0.377 e. The van der Waals surface area contributed by atoms with Gasteiger partial charge in [-0.05, 0) is 6.42 Å². The molecule has 0 aromatic carbocycles. The fourth-order valence-electron chi connectivity index (χ4n) is 2.06. The third-order valence-corrected chi connectivity index (χ3v) is 3.83. The highest BCUT2D eigenvalue weighted by atomic mass is 32.1. The molecule has 2 aliphatic rings. The van der Waals surface area contributed by atoms with Crippen LogP contribution < -0.4 is 5.32 Å². The van der Waals surface area contributed by atoms with Crippen LogP contribution >= 0.6 is 11.5 Å². The van der Waals surface area contributed by atoms with Crippen molar-refractivity contribution in [2.45, 2.75) is 13.0 Å². The van der Waals surface area contributed by atoms with Crippen LogP contribution in [0.25, 0.3) is 0 Å². The van der Waals surface area contributed by atoms with Crippen molar-refractivity contribution in [3.8, 4) is 0 Å². The van der Waals surface area contributed by atoms with E-state index in [2.05, 4.69) is 14.9 Å². The molecule has 2 fully saturated rings. The van der Waals surface area contributed by atoms with E-state index in [0.29, 0.717) is 5.69 Å². The minimum atomic E-state index is -0.0509. The van der Waals surface area contributed by atoms with E-state index >= 15 is 0 Å². The molecule has 1 aliphatic heterocycles. The molecule has 0 bridgehead atoms. The lowest BCUT2D eigenvalue weighted by Gasteiger charge is -2.14. The molecular formula is C9H10N4O2S. The number of rotatable bonds is 3. The van der Waals surface area contributed by atoms with Crippen LogP contribution in [-0.4, -0.2) is 33.3 Å². The number of aromatic nitrogens is 2. The predicted octanol–water partition coefficient (Wildman–Crippen LogP) is 0.0847. The van der Waals surface area contributed by atoms with Gasteiger partial charge in [0.15, 0.2) is 0 Å². The fraction of sp³-hybridized carbons (Fsp3) is 0.556. The first-order chi connectivity index (χ1) is 7.72. The smallest absolute Gasteiger partial charge is 0.233 e. The third kappa shape index (κ3) is 1.24. The Kier molecular flexibility index (Phi) is 1.97. The summed E-state index contributed by atoms with van der Waals surface area (Å²) in [5.41, 5.74) is 0.663. The highest BCUT2D eigenvalue weighted by Gasteiger charge is 2.58. The van der Waals surface area contributed by atoms with Crippen molar-refractivity contribution in [1.29, 1.82) is 0 Å². The summed E-state index contributed by atoms with van der Waals surface area (Å²) in [6.07, 6.45) is 0.738. The number of likely N-dealkylation sites (tertiary alicyclic amines) is 1. The molecule has 16 heavy (non-hydrogen) atoms. The molecule has 6 nitrogen and oxygen atoms in total. The molecule has 3 rings (SSSR count). The van der Waals surface area contributed by atoms with Gasteiger partial charge >= 0.3 is 0 Å². The number of hydrogen-bond donors (Lipinski definition) is 1. The van der Waals surface area contributed by atoms with Crippen molar-refractivity contribution in [2.24, 2.45) is 11.8 Å². The van der Waals surface area contributed by atoms with Crippen molar-refractivity contribution in [3.05, 3.63) is 5.69 Å². The van der Waals surface area contributed by atoms with Crippen molar-refractivity contribution >= 4 is 28.3 Å². The van der Waals surface area contributed by atoms with Gasteiger partial charge in [-0.3, -0.25) is 14.5 Å². The van der Waals surface area contributed by atoms with Gasteiger partial charge in [0, 0.05) is 18.6 Å². The first kappa shape index (κ1) is 9.71. The molecule has 1 saturated heterocycles. The molecule has 84 valence electrons. The number of fused-ring (bicyclic) bond motifs is 1. The number of carbonyl (C=O) groups is 2. The highest BCUT2D eigenvalue weighted by molar-refractivity contribution is 7.10. The van der Waals surface area contributed by atoms with Crippen LogP contribution in [0.3, 0.4) is 0 Å². The molecule has 0 spiro atoms. The van der Waals surface area contributed by atoms with Gasteiger partial charge in [0.05, 0.1) is 18.4 Å². The number of anilines is 1. The number of hydrogen-bond acceptors (Lipinski definition) is 6. The molecule has 1 aromatic heterocycles. The summed E-state index contributed by atoms with van der Waals surface area (Å²) in [4.78, 5) is 24.7. The van der Waals surface area contributed by atoms with Gasteiger partial charge in [-0.2, -0.15) is 0 Å². The number of carbonyl (C=O) groups excluding carboxylic acids is 2. The normalized spacial score (nSPS) is 27.2. The second-order valence-corrected chi connectivity index (χ2v) is 4.76. The van der Waals surface area contributed by atoms with Gasteiger partial charge in [-0.1, -0.05) is 4.49 Å². The van der Waals surface area contributed by atoms with E-state index in [9.17, 15) is 9.59 Å². The second-order valence-electron chi connectivity index (χ2n) is 4.01. The average Bonchev–Trinajstić information content (AvgIpc) is 2.90. The zero-order chi connectivity index (χ0) is 11.3. The van der Waals surface area contributed by atoms with Crippen molar-refractivity contribution in [3.63, 3.8) is 0 Å². The molecule has 1 aliphatic carbocycles. The van der Waals surface area contributed by atoms with Crippen LogP contribution in [0.2, 0.25) is 0 Å². The summed E-state index contributed by atoms with van der Waals surface area (Å²) in [5.74, 6) is -0.190. The molecule has 2 heterocycles.